The van der Waals surface area contributed by atoms with Gasteiger partial charge in [0, 0.05) is 6.20 Å². The number of fused-ring (bicyclic) bond motifs is 2. The molecule has 1 aromatic heterocycles. The van der Waals surface area contributed by atoms with E-state index in [9.17, 15) is 9.59 Å². The molecule has 0 saturated heterocycles. The number of carbonyl (C=O) groups is 2. The number of rotatable bonds is 6. The van der Waals surface area contributed by atoms with E-state index in [2.05, 4.69) is 20.6 Å². The molecule has 0 radical (unpaired) electrons. The first kappa shape index (κ1) is 19.0. The van der Waals surface area contributed by atoms with Crippen molar-refractivity contribution in [3.8, 4) is 0 Å². The van der Waals surface area contributed by atoms with Crippen LogP contribution >= 0.6 is 0 Å². The third-order valence-electron chi connectivity index (χ3n) is 5.49. The van der Waals surface area contributed by atoms with Crippen molar-refractivity contribution >= 4 is 28.7 Å². The van der Waals surface area contributed by atoms with Crippen molar-refractivity contribution in [1.29, 1.82) is 0 Å². The van der Waals surface area contributed by atoms with Gasteiger partial charge in [0.25, 0.3) is 5.91 Å². The molecule has 29 heavy (non-hydrogen) atoms. The van der Waals surface area contributed by atoms with Crippen molar-refractivity contribution < 1.29 is 9.59 Å². The van der Waals surface area contributed by atoms with Crippen LogP contribution in [0.3, 0.4) is 0 Å². The van der Waals surface area contributed by atoms with Crippen LogP contribution < -0.4 is 5.32 Å². The summed E-state index contributed by atoms with van der Waals surface area (Å²) < 4.78 is 1.81. The standard InChI is InChI=1S/C21H24N6O2/c1-14(2)16(13-27-17-9-5-4-8-15(17)24-25-27)22-19(28)12-21(3)20(29)23-18-10-6-7-11-26(18)21/h4-11,14,16H,12-13H2,1-3H3,(H,22,28)/t16-,21-/m1/s1. The Balaban J connectivity index is 1.48. The van der Waals surface area contributed by atoms with E-state index >= 15 is 0 Å². The van der Waals surface area contributed by atoms with Gasteiger partial charge in [-0.05, 0) is 37.1 Å². The first-order valence-corrected chi connectivity index (χ1v) is 9.73. The van der Waals surface area contributed by atoms with Gasteiger partial charge in [0.2, 0.25) is 5.91 Å². The molecule has 2 atom stereocenters. The molecule has 4 rings (SSSR count). The minimum absolute atomic E-state index is 0.0261. The summed E-state index contributed by atoms with van der Waals surface area (Å²) >= 11 is 0. The summed E-state index contributed by atoms with van der Waals surface area (Å²) in [5.41, 5.74) is 0.732. The number of carbonyl (C=O) groups excluding carboxylic acids is 2. The Hall–Kier alpha value is -3.29. The predicted octanol–water partition coefficient (Wildman–Crippen LogP) is 2.05. The largest absolute Gasteiger partial charge is 0.351 e. The number of amidine groups is 1. The topological polar surface area (TPSA) is 92.5 Å². The van der Waals surface area contributed by atoms with E-state index < -0.39 is 5.54 Å². The molecule has 1 N–H and O–H groups in total. The Morgan fingerprint density at radius 2 is 2.03 bits per heavy atom. The van der Waals surface area contributed by atoms with Crippen LogP contribution in [0.2, 0.25) is 0 Å². The Kier molecular flexibility index (Phi) is 4.77. The molecule has 0 unspecified atom stereocenters. The highest BCUT2D eigenvalue weighted by molar-refractivity contribution is 6.13. The molecule has 2 aliphatic heterocycles. The molecule has 3 heterocycles. The lowest BCUT2D eigenvalue weighted by Gasteiger charge is -2.33. The van der Waals surface area contributed by atoms with Crippen LogP contribution in [-0.4, -0.2) is 49.1 Å². The molecule has 150 valence electrons. The van der Waals surface area contributed by atoms with E-state index in [-0.39, 0.29) is 30.2 Å². The highest BCUT2D eigenvalue weighted by Gasteiger charge is 2.47. The fraction of sp³-hybridized carbons (Fsp3) is 0.381. The Bertz CT molecular complexity index is 1050. The van der Waals surface area contributed by atoms with Crippen molar-refractivity contribution in [2.24, 2.45) is 10.9 Å². The van der Waals surface area contributed by atoms with E-state index in [4.69, 9.17) is 0 Å². The van der Waals surface area contributed by atoms with Crippen LogP contribution in [0.25, 0.3) is 11.0 Å². The van der Waals surface area contributed by atoms with Crippen LogP contribution in [-0.2, 0) is 16.1 Å². The fourth-order valence-corrected chi connectivity index (χ4v) is 3.66. The number of benzene rings is 1. The van der Waals surface area contributed by atoms with E-state index in [1.807, 2.05) is 54.9 Å². The predicted molar refractivity (Wildman–Crippen MR) is 110 cm³/mol. The van der Waals surface area contributed by atoms with Gasteiger partial charge in [-0.3, -0.25) is 9.59 Å². The normalized spacial score (nSPS) is 21.6. The average molecular weight is 392 g/mol. The molecule has 0 spiro atoms. The molecule has 8 heteroatoms. The van der Waals surface area contributed by atoms with Gasteiger partial charge in [0.1, 0.15) is 16.9 Å². The minimum atomic E-state index is -1.01. The summed E-state index contributed by atoms with van der Waals surface area (Å²) in [5.74, 6) is 0.256. The second-order valence-electron chi connectivity index (χ2n) is 7.97. The zero-order valence-electron chi connectivity index (χ0n) is 16.7. The molecular weight excluding hydrogens is 368 g/mol. The Labute approximate surface area is 169 Å². The van der Waals surface area contributed by atoms with Gasteiger partial charge in [0.15, 0.2) is 0 Å². The first-order chi connectivity index (χ1) is 13.9. The molecule has 0 saturated carbocycles. The van der Waals surface area contributed by atoms with Crippen molar-refractivity contribution in [1.82, 2.24) is 25.2 Å². The van der Waals surface area contributed by atoms with Crippen molar-refractivity contribution in [3.05, 3.63) is 48.7 Å². The minimum Gasteiger partial charge on any atom is -0.351 e. The SMILES string of the molecule is CC(C)[C@@H](Cn1nnc2ccccc21)NC(=O)C[C@]1(C)C(=O)N=C2C=CC=CN21. The lowest BCUT2D eigenvalue weighted by Crippen LogP contribution is -2.51. The van der Waals surface area contributed by atoms with Gasteiger partial charge in [-0.2, -0.15) is 4.99 Å². The van der Waals surface area contributed by atoms with Crippen molar-refractivity contribution in [2.75, 3.05) is 0 Å². The van der Waals surface area contributed by atoms with E-state index in [0.29, 0.717) is 12.4 Å². The summed E-state index contributed by atoms with van der Waals surface area (Å²) in [6.07, 6.45) is 7.25. The molecule has 0 fully saturated rings. The van der Waals surface area contributed by atoms with Crippen LogP contribution in [0, 0.1) is 5.92 Å². The Morgan fingerprint density at radius 1 is 1.24 bits per heavy atom. The number of aliphatic imine (C=N–C) groups is 1. The molecule has 2 amide bonds. The highest BCUT2D eigenvalue weighted by atomic mass is 16.2. The monoisotopic (exact) mass is 392 g/mol. The molecule has 0 bridgehead atoms. The maximum atomic E-state index is 12.9. The van der Waals surface area contributed by atoms with Crippen LogP contribution in [0.15, 0.2) is 53.7 Å². The third-order valence-corrected chi connectivity index (χ3v) is 5.49. The maximum absolute atomic E-state index is 12.9. The number of hydrogen-bond donors (Lipinski definition) is 1. The number of nitrogens with one attached hydrogen (secondary N) is 1. The highest BCUT2D eigenvalue weighted by Crippen LogP contribution is 2.30. The fourth-order valence-electron chi connectivity index (χ4n) is 3.66. The second-order valence-corrected chi connectivity index (χ2v) is 7.97. The lowest BCUT2D eigenvalue weighted by molar-refractivity contribution is -0.131. The molecule has 2 aromatic rings. The number of nitrogens with zero attached hydrogens (tertiary/aromatic N) is 5. The Morgan fingerprint density at radius 3 is 2.83 bits per heavy atom. The first-order valence-electron chi connectivity index (χ1n) is 9.73. The van der Waals surface area contributed by atoms with E-state index in [1.165, 1.54) is 0 Å². The second kappa shape index (κ2) is 7.27. The zero-order valence-corrected chi connectivity index (χ0v) is 16.7. The summed E-state index contributed by atoms with van der Waals surface area (Å²) in [6, 6.07) is 7.58. The third kappa shape index (κ3) is 3.46. The quantitative estimate of drug-likeness (QED) is 0.812. The summed E-state index contributed by atoms with van der Waals surface area (Å²) in [7, 11) is 0. The van der Waals surface area contributed by atoms with Crippen LogP contribution in [0.5, 0.6) is 0 Å². The number of amides is 2. The van der Waals surface area contributed by atoms with Gasteiger partial charge >= 0.3 is 0 Å². The average Bonchev–Trinajstić information content (AvgIpc) is 3.20. The number of hydrogen-bond acceptors (Lipinski definition) is 5. The number of para-hydroxylation sites is 1. The molecular formula is C21H24N6O2. The summed E-state index contributed by atoms with van der Waals surface area (Å²) in [5, 5.41) is 11.5. The van der Waals surface area contributed by atoms with Gasteiger partial charge < -0.3 is 10.2 Å². The van der Waals surface area contributed by atoms with Gasteiger partial charge in [-0.1, -0.05) is 37.3 Å². The zero-order chi connectivity index (χ0) is 20.6. The maximum Gasteiger partial charge on any atom is 0.274 e. The number of aromatic nitrogens is 3. The van der Waals surface area contributed by atoms with Gasteiger partial charge in [-0.15, -0.1) is 5.10 Å². The van der Waals surface area contributed by atoms with E-state index in [0.717, 1.165) is 11.0 Å². The number of allylic oxidation sites excluding steroid dienone is 2. The molecule has 1 aromatic carbocycles. The van der Waals surface area contributed by atoms with Gasteiger partial charge in [-0.25, -0.2) is 4.68 Å². The molecule has 2 aliphatic rings. The van der Waals surface area contributed by atoms with Crippen LogP contribution in [0.1, 0.15) is 27.2 Å². The van der Waals surface area contributed by atoms with Gasteiger partial charge in [0.05, 0.1) is 24.5 Å². The van der Waals surface area contributed by atoms with Crippen molar-refractivity contribution in [3.63, 3.8) is 0 Å². The summed E-state index contributed by atoms with van der Waals surface area (Å²) in [4.78, 5) is 31.3. The summed E-state index contributed by atoms with van der Waals surface area (Å²) in [6.45, 7) is 6.35. The van der Waals surface area contributed by atoms with Crippen molar-refractivity contribution in [2.45, 2.75) is 45.3 Å². The lowest BCUT2D eigenvalue weighted by atomic mass is 9.94. The van der Waals surface area contributed by atoms with Crippen LogP contribution in [0.4, 0.5) is 0 Å². The molecule has 8 nitrogen and oxygen atoms in total. The van der Waals surface area contributed by atoms with E-state index in [1.54, 1.807) is 24.1 Å². The smallest absolute Gasteiger partial charge is 0.274 e. The molecule has 0 aliphatic carbocycles.